The molecule has 2 nitrogen and oxygen atoms in total. The van der Waals surface area contributed by atoms with Gasteiger partial charge in [0, 0.05) is 18.2 Å². The van der Waals surface area contributed by atoms with Crippen LogP contribution in [-0.2, 0) is 6.42 Å². The summed E-state index contributed by atoms with van der Waals surface area (Å²) in [5.41, 5.74) is 2.11. The predicted molar refractivity (Wildman–Crippen MR) is 80.6 cm³/mol. The van der Waals surface area contributed by atoms with Crippen LogP contribution in [-0.4, -0.2) is 23.4 Å². The van der Waals surface area contributed by atoms with E-state index >= 15 is 0 Å². The highest BCUT2D eigenvalue weighted by atomic mass is 16.2. The highest BCUT2D eigenvalue weighted by molar-refractivity contribution is 5.94. The molecule has 0 N–H and O–H groups in total. The van der Waals surface area contributed by atoms with E-state index in [-0.39, 0.29) is 5.91 Å². The average molecular weight is 265 g/mol. The third-order valence-corrected chi connectivity index (χ3v) is 3.97. The summed E-state index contributed by atoms with van der Waals surface area (Å²) in [6.07, 6.45) is 3.17. The molecule has 2 heteroatoms. The summed E-state index contributed by atoms with van der Waals surface area (Å²) in [6, 6.07) is 20.4. The van der Waals surface area contributed by atoms with Crippen LogP contribution in [0.1, 0.15) is 28.8 Å². The molecule has 1 amide bonds. The van der Waals surface area contributed by atoms with E-state index in [1.807, 2.05) is 41.3 Å². The quantitative estimate of drug-likeness (QED) is 0.831. The molecule has 1 aliphatic heterocycles. The lowest BCUT2D eigenvalue weighted by molar-refractivity contribution is 0.0736. The van der Waals surface area contributed by atoms with Crippen molar-refractivity contribution in [1.29, 1.82) is 0 Å². The molecule has 0 radical (unpaired) electrons. The van der Waals surface area contributed by atoms with Crippen molar-refractivity contribution >= 4 is 5.91 Å². The maximum Gasteiger partial charge on any atom is 0.254 e. The van der Waals surface area contributed by atoms with Crippen molar-refractivity contribution in [2.75, 3.05) is 6.54 Å². The Morgan fingerprint density at radius 1 is 1.00 bits per heavy atom. The number of rotatable bonds is 3. The predicted octanol–water partition coefficient (Wildman–Crippen LogP) is 3.53. The fourth-order valence-corrected chi connectivity index (χ4v) is 2.95. The van der Waals surface area contributed by atoms with Gasteiger partial charge in [0.15, 0.2) is 0 Å². The van der Waals surface area contributed by atoms with Gasteiger partial charge in [0.05, 0.1) is 0 Å². The molecule has 0 saturated carbocycles. The zero-order chi connectivity index (χ0) is 13.8. The lowest BCUT2D eigenvalue weighted by Crippen LogP contribution is -2.36. The second kappa shape index (κ2) is 5.91. The molecule has 3 rings (SSSR count). The molecule has 1 saturated heterocycles. The molecule has 1 fully saturated rings. The standard InChI is InChI=1S/C18H19NO/c20-18(16-10-5-2-6-11-16)19-13-7-12-17(19)14-15-8-3-1-4-9-15/h1-6,8-11,17H,7,12-14H2. The van der Waals surface area contributed by atoms with Crippen molar-refractivity contribution in [2.45, 2.75) is 25.3 Å². The topological polar surface area (TPSA) is 20.3 Å². The Hall–Kier alpha value is -2.09. The Labute approximate surface area is 120 Å². The van der Waals surface area contributed by atoms with Crippen LogP contribution in [0.5, 0.6) is 0 Å². The molecule has 20 heavy (non-hydrogen) atoms. The smallest absolute Gasteiger partial charge is 0.254 e. The SMILES string of the molecule is O=C(c1ccccc1)N1CCCC1Cc1ccccc1. The third kappa shape index (κ3) is 2.74. The van der Waals surface area contributed by atoms with Crippen LogP contribution < -0.4 is 0 Å². The summed E-state index contributed by atoms with van der Waals surface area (Å²) >= 11 is 0. The summed E-state index contributed by atoms with van der Waals surface area (Å²) in [7, 11) is 0. The van der Waals surface area contributed by atoms with Gasteiger partial charge in [-0.2, -0.15) is 0 Å². The number of nitrogens with zero attached hydrogens (tertiary/aromatic N) is 1. The molecule has 0 aliphatic carbocycles. The first-order valence-electron chi connectivity index (χ1n) is 7.24. The molecule has 2 aromatic rings. The van der Waals surface area contributed by atoms with Crippen molar-refractivity contribution in [1.82, 2.24) is 4.90 Å². The van der Waals surface area contributed by atoms with E-state index in [0.717, 1.165) is 31.4 Å². The summed E-state index contributed by atoms with van der Waals surface area (Å²) in [5, 5.41) is 0. The fourth-order valence-electron chi connectivity index (χ4n) is 2.95. The Balaban J connectivity index is 1.74. The summed E-state index contributed by atoms with van der Waals surface area (Å²) in [6.45, 7) is 0.880. The van der Waals surface area contributed by atoms with Crippen LogP contribution in [0, 0.1) is 0 Å². The Morgan fingerprint density at radius 3 is 2.35 bits per heavy atom. The van der Waals surface area contributed by atoms with Crippen molar-refractivity contribution in [3.63, 3.8) is 0 Å². The minimum atomic E-state index is 0.170. The first-order chi connectivity index (χ1) is 9.84. The van der Waals surface area contributed by atoms with Gasteiger partial charge in [-0.15, -0.1) is 0 Å². The third-order valence-electron chi connectivity index (χ3n) is 3.97. The first-order valence-corrected chi connectivity index (χ1v) is 7.24. The average Bonchev–Trinajstić information content (AvgIpc) is 2.96. The lowest BCUT2D eigenvalue weighted by Gasteiger charge is -2.25. The van der Waals surface area contributed by atoms with Crippen LogP contribution in [0.25, 0.3) is 0 Å². The number of hydrogen-bond donors (Lipinski definition) is 0. The molecule has 0 bridgehead atoms. The number of carbonyl (C=O) groups excluding carboxylic acids is 1. The molecular formula is C18H19NO. The van der Waals surface area contributed by atoms with Gasteiger partial charge in [-0.1, -0.05) is 48.5 Å². The van der Waals surface area contributed by atoms with Crippen LogP contribution in [0.4, 0.5) is 0 Å². The van der Waals surface area contributed by atoms with Crippen LogP contribution in [0.3, 0.4) is 0 Å². The molecule has 0 spiro atoms. The number of benzene rings is 2. The number of carbonyl (C=O) groups is 1. The molecule has 1 unspecified atom stereocenters. The van der Waals surface area contributed by atoms with Gasteiger partial charge in [0.1, 0.15) is 0 Å². The van der Waals surface area contributed by atoms with E-state index in [0.29, 0.717) is 6.04 Å². The van der Waals surface area contributed by atoms with E-state index in [2.05, 4.69) is 24.3 Å². The molecule has 102 valence electrons. The highest BCUT2D eigenvalue weighted by Gasteiger charge is 2.29. The number of hydrogen-bond acceptors (Lipinski definition) is 1. The maximum atomic E-state index is 12.6. The fraction of sp³-hybridized carbons (Fsp3) is 0.278. The maximum absolute atomic E-state index is 12.6. The largest absolute Gasteiger partial charge is 0.335 e. The summed E-state index contributed by atoms with van der Waals surface area (Å²) in [5.74, 6) is 0.170. The van der Waals surface area contributed by atoms with Gasteiger partial charge in [0.25, 0.3) is 5.91 Å². The van der Waals surface area contributed by atoms with Gasteiger partial charge in [-0.3, -0.25) is 4.79 Å². The molecular weight excluding hydrogens is 246 g/mol. The van der Waals surface area contributed by atoms with Crippen molar-refractivity contribution in [2.24, 2.45) is 0 Å². The Kier molecular flexibility index (Phi) is 3.82. The van der Waals surface area contributed by atoms with Gasteiger partial charge in [-0.05, 0) is 37.0 Å². The Bertz CT molecular complexity index is 564. The van der Waals surface area contributed by atoms with E-state index in [1.54, 1.807) is 0 Å². The van der Waals surface area contributed by atoms with Crippen LogP contribution in [0.15, 0.2) is 60.7 Å². The van der Waals surface area contributed by atoms with Crippen molar-refractivity contribution in [3.05, 3.63) is 71.8 Å². The number of likely N-dealkylation sites (tertiary alicyclic amines) is 1. The van der Waals surface area contributed by atoms with E-state index in [4.69, 9.17) is 0 Å². The van der Waals surface area contributed by atoms with E-state index in [9.17, 15) is 4.79 Å². The molecule has 1 aliphatic rings. The monoisotopic (exact) mass is 265 g/mol. The van der Waals surface area contributed by atoms with Gasteiger partial charge >= 0.3 is 0 Å². The molecule has 0 aromatic heterocycles. The minimum Gasteiger partial charge on any atom is -0.335 e. The summed E-state index contributed by atoms with van der Waals surface area (Å²) in [4.78, 5) is 14.6. The first kappa shape index (κ1) is 12.9. The summed E-state index contributed by atoms with van der Waals surface area (Å²) < 4.78 is 0. The Morgan fingerprint density at radius 2 is 1.65 bits per heavy atom. The molecule has 2 aromatic carbocycles. The van der Waals surface area contributed by atoms with Gasteiger partial charge in [0.2, 0.25) is 0 Å². The van der Waals surface area contributed by atoms with E-state index < -0.39 is 0 Å². The highest BCUT2D eigenvalue weighted by Crippen LogP contribution is 2.23. The normalized spacial score (nSPS) is 18.2. The van der Waals surface area contributed by atoms with Gasteiger partial charge in [-0.25, -0.2) is 0 Å². The zero-order valence-corrected chi connectivity index (χ0v) is 11.5. The minimum absolute atomic E-state index is 0.170. The van der Waals surface area contributed by atoms with Gasteiger partial charge < -0.3 is 4.90 Å². The second-order valence-corrected chi connectivity index (χ2v) is 5.35. The van der Waals surface area contributed by atoms with Crippen LogP contribution >= 0.6 is 0 Å². The van der Waals surface area contributed by atoms with E-state index in [1.165, 1.54) is 5.56 Å². The van der Waals surface area contributed by atoms with Crippen molar-refractivity contribution < 1.29 is 4.79 Å². The van der Waals surface area contributed by atoms with Crippen molar-refractivity contribution in [3.8, 4) is 0 Å². The van der Waals surface area contributed by atoms with Crippen LogP contribution in [0.2, 0.25) is 0 Å². The number of amides is 1. The zero-order valence-electron chi connectivity index (χ0n) is 11.5. The molecule has 1 heterocycles. The lowest BCUT2D eigenvalue weighted by atomic mass is 10.0. The molecule has 1 atom stereocenters. The second-order valence-electron chi connectivity index (χ2n) is 5.35.